The number of carbonyl (C=O) groups is 1. The first-order valence-electron chi connectivity index (χ1n) is 6.54. The summed E-state index contributed by atoms with van der Waals surface area (Å²) in [5, 5.41) is 6.22. The van der Waals surface area contributed by atoms with Crippen molar-refractivity contribution in [3.8, 4) is 0 Å². The summed E-state index contributed by atoms with van der Waals surface area (Å²) in [7, 11) is 0. The van der Waals surface area contributed by atoms with Gasteiger partial charge in [0, 0.05) is 0 Å². The van der Waals surface area contributed by atoms with Gasteiger partial charge in [-0.15, -0.1) is 0 Å². The summed E-state index contributed by atoms with van der Waals surface area (Å²) in [6.07, 6.45) is 0. The van der Waals surface area contributed by atoms with Gasteiger partial charge in [0.25, 0.3) is 0 Å². The fourth-order valence-electron chi connectivity index (χ4n) is 2.13. The number of carbonyl (C=O) groups excluding carboxylic acids is 1. The van der Waals surface area contributed by atoms with E-state index in [-0.39, 0.29) is 20.9 Å². The minimum atomic E-state index is -0.0699. The Bertz CT molecular complexity index is 784. The fraction of sp³-hybridized carbons (Fsp3) is 0.133. The van der Waals surface area contributed by atoms with Crippen molar-refractivity contribution in [1.29, 1.82) is 0 Å². The molecule has 1 heterocycles. The molecule has 3 rings (SSSR count). The van der Waals surface area contributed by atoms with E-state index in [0.29, 0.717) is 6.54 Å². The van der Waals surface area contributed by atoms with Crippen molar-refractivity contribution in [2.24, 2.45) is 0 Å². The summed E-state index contributed by atoms with van der Waals surface area (Å²) < 4.78 is 8.82. The Labute approximate surface area is 128 Å². The number of para-hydroxylation sites is 1. The second kappa shape index (κ2) is 6.08. The molecule has 1 aromatic heterocycles. The number of fused-ring (bicyclic) bond motifs is 1. The van der Waals surface area contributed by atoms with Gasteiger partial charge in [-0.2, -0.15) is 0 Å². The van der Waals surface area contributed by atoms with Gasteiger partial charge in [-0.3, -0.25) is 0 Å². The van der Waals surface area contributed by atoms with Crippen LogP contribution < -0.4 is 10.6 Å². The number of nitrogens with one attached hydrogen (secondary N) is 2. The monoisotopic (exact) mass is 346 g/mol. The molecule has 106 valence electrons. The van der Waals surface area contributed by atoms with Gasteiger partial charge >= 0.3 is 128 Å². The van der Waals surface area contributed by atoms with E-state index in [1.807, 2.05) is 42.5 Å². The van der Waals surface area contributed by atoms with Gasteiger partial charge in [0.05, 0.1) is 0 Å². The molecule has 5 nitrogen and oxygen atoms in total. The molecule has 0 saturated carbocycles. The molecule has 6 heteroatoms. The first-order valence-corrected chi connectivity index (χ1v) is 8.08. The predicted octanol–water partition coefficient (Wildman–Crippen LogP) is 2.26. The summed E-state index contributed by atoms with van der Waals surface area (Å²) in [6.45, 7) is 2.13. The van der Waals surface area contributed by atoms with Crippen molar-refractivity contribution >= 4 is 43.3 Å². The van der Waals surface area contributed by atoms with Gasteiger partial charge in [0.2, 0.25) is 0 Å². The fourth-order valence-corrected chi connectivity index (χ4v) is 3.28. The van der Waals surface area contributed by atoms with Crippen LogP contribution in [0.2, 0.25) is 0 Å². The Morgan fingerprint density at radius 3 is 2.76 bits per heavy atom. The standard InChI is InChI=1S/C15H14N4OSe/c1-10(20)17-12-6-3-2-5-11(12)9-16-13-7-4-8-14-15(13)19-21-18-14/h2-8,16H,9H2,1H3,(H,17,20). The molecule has 2 aromatic carbocycles. The van der Waals surface area contributed by atoms with Gasteiger partial charge in [-0.25, -0.2) is 0 Å². The maximum atomic E-state index is 11.2. The van der Waals surface area contributed by atoms with E-state index in [0.717, 1.165) is 28.0 Å². The number of nitrogens with zero attached hydrogens (tertiary/aromatic N) is 2. The quantitative estimate of drug-likeness (QED) is 0.712. The van der Waals surface area contributed by atoms with E-state index in [2.05, 4.69) is 18.6 Å². The average Bonchev–Trinajstić information content (AvgIpc) is 2.95. The van der Waals surface area contributed by atoms with Crippen molar-refractivity contribution < 1.29 is 4.79 Å². The van der Waals surface area contributed by atoms with Crippen LogP contribution in [0.5, 0.6) is 0 Å². The molecule has 3 aromatic rings. The van der Waals surface area contributed by atoms with Gasteiger partial charge in [-0.1, -0.05) is 0 Å². The van der Waals surface area contributed by atoms with Crippen molar-refractivity contribution in [2.75, 3.05) is 10.6 Å². The molecule has 0 unspecified atom stereocenters. The number of aromatic nitrogens is 2. The van der Waals surface area contributed by atoms with E-state index < -0.39 is 0 Å². The van der Waals surface area contributed by atoms with Crippen LogP contribution in [0.25, 0.3) is 11.0 Å². The predicted molar refractivity (Wildman–Crippen MR) is 84.6 cm³/mol. The number of benzene rings is 2. The molecule has 21 heavy (non-hydrogen) atoms. The van der Waals surface area contributed by atoms with Gasteiger partial charge < -0.3 is 0 Å². The van der Waals surface area contributed by atoms with Crippen LogP contribution in [-0.4, -0.2) is 28.8 Å². The Morgan fingerprint density at radius 2 is 1.90 bits per heavy atom. The van der Waals surface area contributed by atoms with E-state index >= 15 is 0 Å². The van der Waals surface area contributed by atoms with E-state index in [9.17, 15) is 4.79 Å². The summed E-state index contributed by atoms with van der Waals surface area (Å²) >= 11 is -0.0335. The average molecular weight is 345 g/mol. The number of amides is 1. The summed E-state index contributed by atoms with van der Waals surface area (Å²) in [5.41, 5.74) is 4.74. The molecule has 2 N–H and O–H groups in total. The molecule has 1 amide bonds. The SMILES string of the molecule is CC(=O)Nc1ccccc1CNc1cccc2n[se]nc12. The second-order valence-corrected chi connectivity index (χ2v) is 5.74. The van der Waals surface area contributed by atoms with Crippen LogP contribution in [-0.2, 0) is 11.3 Å². The Balaban J connectivity index is 1.82. The first-order chi connectivity index (χ1) is 10.2. The van der Waals surface area contributed by atoms with Crippen molar-refractivity contribution in [3.05, 3.63) is 48.0 Å². The van der Waals surface area contributed by atoms with E-state index in [4.69, 9.17) is 0 Å². The molecule has 0 radical (unpaired) electrons. The molecule has 0 atom stereocenters. The zero-order valence-electron chi connectivity index (χ0n) is 11.5. The molecule has 0 bridgehead atoms. The molecule has 0 aliphatic heterocycles. The van der Waals surface area contributed by atoms with Crippen molar-refractivity contribution in [2.45, 2.75) is 13.5 Å². The van der Waals surface area contributed by atoms with Crippen LogP contribution in [0, 0.1) is 0 Å². The number of hydrogen-bond acceptors (Lipinski definition) is 4. The molecule has 0 fully saturated rings. The van der Waals surface area contributed by atoms with Gasteiger partial charge in [0.15, 0.2) is 0 Å². The number of hydrogen-bond donors (Lipinski definition) is 2. The number of rotatable bonds is 4. The van der Waals surface area contributed by atoms with Crippen LogP contribution in [0.4, 0.5) is 11.4 Å². The second-order valence-electron chi connectivity index (χ2n) is 4.63. The first kappa shape index (κ1) is 13.8. The Morgan fingerprint density at radius 1 is 1.10 bits per heavy atom. The van der Waals surface area contributed by atoms with Crippen LogP contribution in [0.1, 0.15) is 12.5 Å². The van der Waals surface area contributed by atoms with Crippen LogP contribution in [0.3, 0.4) is 0 Å². The third-order valence-corrected chi connectivity index (χ3v) is 4.22. The normalized spacial score (nSPS) is 10.5. The van der Waals surface area contributed by atoms with E-state index in [1.165, 1.54) is 6.92 Å². The third-order valence-electron chi connectivity index (χ3n) is 3.08. The number of anilines is 2. The molecular formula is C15H14N4OSe. The molecular weight excluding hydrogens is 331 g/mol. The molecule has 0 spiro atoms. The Kier molecular flexibility index (Phi) is 3.99. The third kappa shape index (κ3) is 3.12. The van der Waals surface area contributed by atoms with Crippen LogP contribution >= 0.6 is 0 Å². The topological polar surface area (TPSA) is 66.9 Å². The maximum absolute atomic E-state index is 11.2. The van der Waals surface area contributed by atoms with Crippen LogP contribution in [0.15, 0.2) is 42.5 Å². The van der Waals surface area contributed by atoms with Gasteiger partial charge in [0.1, 0.15) is 0 Å². The van der Waals surface area contributed by atoms with Gasteiger partial charge in [-0.05, 0) is 0 Å². The summed E-state index contributed by atoms with van der Waals surface area (Å²) in [5.74, 6) is -0.0699. The molecule has 0 saturated heterocycles. The van der Waals surface area contributed by atoms with Crippen molar-refractivity contribution in [3.63, 3.8) is 0 Å². The summed E-state index contributed by atoms with van der Waals surface area (Å²) in [6, 6.07) is 13.7. The molecule has 0 aliphatic carbocycles. The van der Waals surface area contributed by atoms with E-state index in [1.54, 1.807) is 0 Å². The summed E-state index contributed by atoms with van der Waals surface area (Å²) in [4.78, 5) is 11.2. The Hall–Kier alpha value is -2.17. The minimum absolute atomic E-state index is 0.0335. The van der Waals surface area contributed by atoms with Crippen molar-refractivity contribution in [1.82, 2.24) is 7.96 Å². The zero-order chi connectivity index (χ0) is 14.7. The molecule has 0 aliphatic rings. The zero-order valence-corrected chi connectivity index (χ0v) is 13.2.